The second kappa shape index (κ2) is 8.70. The summed E-state index contributed by atoms with van der Waals surface area (Å²) in [5.41, 5.74) is 0. The average Bonchev–Trinajstić information content (AvgIpc) is 2.42. The van der Waals surface area contributed by atoms with Crippen LogP contribution >= 0.6 is 110 Å². The van der Waals surface area contributed by atoms with Crippen molar-refractivity contribution in [1.29, 1.82) is 0 Å². The molecule has 0 nitrogen and oxygen atoms in total. The summed E-state index contributed by atoms with van der Waals surface area (Å²) < 4.78 is 0.383. The summed E-state index contributed by atoms with van der Waals surface area (Å²) in [4.78, 5) is 0. The standard InChI is InChI=1S/C9H24S9/c1-18(6(14)2-10,7(15)3-11,8(16)4-12)9(17)5-13/h6-18H,2-5H2,1H3. The third-order valence-corrected chi connectivity index (χ3v) is 23.2. The molecule has 0 fully saturated rings. The van der Waals surface area contributed by atoms with Crippen LogP contribution in [0.3, 0.4) is 0 Å². The van der Waals surface area contributed by atoms with Gasteiger partial charge in [-0.2, -0.15) is 101 Å². The quantitative estimate of drug-likeness (QED) is 0.264. The van der Waals surface area contributed by atoms with Crippen molar-refractivity contribution >= 4 is 110 Å². The number of hydrogen-bond acceptors (Lipinski definition) is 8. The SMILES string of the molecule is C[SH](C(S)CS)(C(S)CS)(C(S)CS)C(S)CS. The van der Waals surface area contributed by atoms with Gasteiger partial charge in [0.2, 0.25) is 0 Å². The second-order valence-corrected chi connectivity index (χ2v) is 16.5. The second-order valence-electron chi connectivity index (χ2n) is 4.58. The topological polar surface area (TPSA) is 0 Å². The summed E-state index contributed by atoms with van der Waals surface area (Å²) in [5.74, 6) is 2.66. The molecule has 0 amide bonds. The molecule has 114 valence electrons. The predicted octanol–water partition coefficient (Wildman–Crippen LogP) is 3.43. The maximum Gasteiger partial charge on any atom is 0.0304 e. The van der Waals surface area contributed by atoms with Crippen molar-refractivity contribution in [1.82, 2.24) is 0 Å². The molecule has 0 aromatic heterocycles. The Kier molecular flexibility index (Phi) is 10.2. The smallest absolute Gasteiger partial charge is 0.0304 e. The third-order valence-electron chi connectivity index (χ3n) is 3.91. The van der Waals surface area contributed by atoms with Gasteiger partial charge in [0.1, 0.15) is 0 Å². The lowest BCUT2D eigenvalue weighted by Crippen LogP contribution is -2.50. The molecule has 0 spiro atoms. The number of thiol groups is 9. The van der Waals surface area contributed by atoms with E-state index in [2.05, 4.69) is 56.8 Å². The van der Waals surface area contributed by atoms with Gasteiger partial charge in [0.05, 0.1) is 0 Å². The third kappa shape index (κ3) is 3.39. The van der Waals surface area contributed by atoms with Gasteiger partial charge >= 0.3 is 0 Å². The van der Waals surface area contributed by atoms with Gasteiger partial charge < -0.3 is 0 Å². The molecule has 9 heteroatoms. The fourth-order valence-corrected chi connectivity index (χ4v) is 19.3. The summed E-state index contributed by atoms with van der Waals surface area (Å²) in [5, 5.41) is 0. The predicted molar refractivity (Wildman–Crippen MR) is 121 cm³/mol. The van der Waals surface area contributed by atoms with E-state index in [9.17, 15) is 0 Å². The van der Waals surface area contributed by atoms with E-state index >= 15 is 0 Å². The van der Waals surface area contributed by atoms with Crippen LogP contribution in [0.25, 0.3) is 0 Å². The molecule has 0 rings (SSSR count). The molecule has 0 radical (unpaired) electrons. The highest BCUT2D eigenvalue weighted by atomic mass is 32.4. The Morgan fingerprint density at radius 1 is 0.611 bits per heavy atom. The van der Waals surface area contributed by atoms with Crippen molar-refractivity contribution in [3.05, 3.63) is 0 Å². The van der Waals surface area contributed by atoms with Gasteiger partial charge in [0.25, 0.3) is 0 Å². The molecule has 4 atom stereocenters. The first-order valence-corrected chi connectivity index (χ1v) is 13.0. The van der Waals surface area contributed by atoms with Crippen molar-refractivity contribution in [2.75, 3.05) is 29.3 Å². The first kappa shape index (κ1) is 21.1. The van der Waals surface area contributed by atoms with Crippen LogP contribution in [0.2, 0.25) is 0 Å². The average molecular weight is 421 g/mol. The van der Waals surface area contributed by atoms with Crippen LogP contribution in [-0.2, 0) is 0 Å². The first-order valence-electron chi connectivity index (χ1n) is 5.41. The van der Waals surface area contributed by atoms with Gasteiger partial charge in [0.15, 0.2) is 0 Å². The summed E-state index contributed by atoms with van der Waals surface area (Å²) in [6.07, 6.45) is 2.26. The molecule has 0 aliphatic carbocycles. The molecule has 0 aliphatic rings. The fourth-order valence-electron chi connectivity index (χ4n) is 2.08. The van der Waals surface area contributed by atoms with Gasteiger partial charge in [-0.25, -0.2) is 9.16 Å². The van der Waals surface area contributed by atoms with E-state index in [1.807, 2.05) is 0 Å². The molecule has 0 saturated heterocycles. The van der Waals surface area contributed by atoms with Gasteiger partial charge in [-0.05, 0) is 6.26 Å². The zero-order valence-corrected chi connectivity index (χ0v) is 18.2. The normalized spacial score (nSPS) is 21.7. The highest BCUT2D eigenvalue weighted by Crippen LogP contribution is 2.83. The highest BCUT2D eigenvalue weighted by molar-refractivity contribution is 8.62. The minimum atomic E-state index is -2.55. The van der Waals surface area contributed by atoms with Crippen LogP contribution in [0.4, 0.5) is 0 Å². The van der Waals surface area contributed by atoms with E-state index in [0.29, 0.717) is 23.0 Å². The molecule has 0 aliphatic heterocycles. The monoisotopic (exact) mass is 420 g/mol. The summed E-state index contributed by atoms with van der Waals surface area (Å²) in [6, 6.07) is 0. The lowest BCUT2D eigenvalue weighted by atomic mass is 10.9. The van der Waals surface area contributed by atoms with Crippen molar-refractivity contribution in [3.63, 3.8) is 0 Å². The molecule has 4 unspecified atom stereocenters. The summed E-state index contributed by atoms with van der Waals surface area (Å²) in [7, 11) is -2.55. The minimum absolute atomic E-state index is 0.0956. The molecule has 0 N–H and O–H groups in total. The van der Waals surface area contributed by atoms with Gasteiger partial charge in [-0.15, -0.1) is 0 Å². The first-order chi connectivity index (χ1) is 8.25. The Hall–Kier alpha value is 3.15. The zero-order chi connectivity index (χ0) is 14.6. The largest absolute Gasteiger partial charge is 0.243 e. The Morgan fingerprint density at radius 2 is 0.778 bits per heavy atom. The van der Waals surface area contributed by atoms with Crippen LogP contribution in [0.15, 0.2) is 0 Å². The maximum atomic E-state index is 4.81. The highest BCUT2D eigenvalue weighted by Gasteiger charge is 2.54. The van der Waals surface area contributed by atoms with Crippen LogP contribution in [0.5, 0.6) is 0 Å². The van der Waals surface area contributed by atoms with Crippen LogP contribution in [-0.4, -0.2) is 47.6 Å². The van der Waals surface area contributed by atoms with E-state index in [1.54, 1.807) is 0 Å². The number of hydrogen-bond donors (Lipinski definition) is 9. The fraction of sp³-hybridized carbons (Fsp3) is 1.00. The molecular formula is C9H24S9. The Balaban J connectivity index is 6.01. The minimum Gasteiger partial charge on any atom is -0.243 e. The van der Waals surface area contributed by atoms with E-state index in [-0.39, 0.29) is 18.3 Å². The lowest BCUT2D eigenvalue weighted by molar-refractivity contribution is 1.18. The van der Waals surface area contributed by atoms with Gasteiger partial charge in [-0.3, -0.25) is 0 Å². The molecule has 0 aromatic carbocycles. The molecular weight excluding hydrogens is 397 g/mol. The van der Waals surface area contributed by atoms with Crippen molar-refractivity contribution in [3.8, 4) is 0 Å². The molecule has 0 heterocycles. The van der Waals surface area contributed by atoms with E-state index in [0.717, 1.165) is 0 Å². The van der Waals surface area contributed by atoms with Gasteiger partial charge in [0, 0.05) is 41.3 Å². The Morgan fingerprint density at radius 3 is 0.889 bits per heavy atom. The summed E-state index contributed by atoms with van der Waals surface area (Å²) >= 11 is 37.0. The van der Waals surface area contributed by atoms with Gasteiger partial charge in [-0.1, -0.05) is 0 Å². The van der Waals surface area contributed by atoms with Crippen LogP contribution < -0.4 is 0 Å². The zero-order valence-electron chi connectivity index (χ0n) is 10.2. The Bertz CT molecular complexity index is 207. The lowest BCUT2D eigenvalue weighted by Gasteiger charge is -2.71. The van der Waals surface area contributed by atoms with E-state index in [1.165, 1.54) is 0 Å². The van der Waals surface area contributed by atoms with E-state index in [4.69, 9.17) is 50.5 Å². The van der Waals surface area contributed by atoms with Crippen LogP contribution in [0, 0.1) is 0 Å². The Labute approximate surface area is 156 Å². The maximum absolute atomic E-state index is 4.81. The molecule has 0 saturated carbocycles. The van der Waals surface area contributed by atoms with Crippen LogP contribution in [0.1, 0.15) is 0 Å². The number of rotatable bonds is 8. The van der Waals surface area contributed by atoms with Crippen molar-refractivity contribution < 1.29 is 0 Å². The summed E-state index contributed by atoms with van der Waals surface area (Å²) in [6.45, 7) is 0. The molecule has 0 bridgehead atoms. The van der Waals surface area contributed by atoms with Crippen molar-refractivity contribution in [2.45, 2.75) is 18.3 Å². The van der Waals surface area contributed by atoms with Crippen molar-refractivity contribution in [2.24, 2.45) is 0 Å². The molecule has 0 aromatic rings. The van der Waals surface area contributed by atoms with E-state index < -0.39 is 9.16 Å². The molecule has 18 heavy (non-hydrogen) atoms.